The fourth-order valence-corrected chi connectivity index (χ4v) is 1.41. The van der Waals surface area contributed by atoms with Crippen LogP contribution in [0, 0.1) is 0 Å². The molecule has 136 valence electrons. The lowest BCUT2D eigenvalue weighted by Gasteiger charge is -2.49. The van der Waals surface area contributed by atoms with Gasteiger partial charge in [0.1, 0.15) is 0 Å². The Kier molecular flexibility index (Phi) is 3.98. The van der Waals surface area contributed by atoms with Crippen LogP contribution in [0.4, 0.5) is 61.5 Å². The molecular formula is C8F14O. The Morgan fingerprint density at radius 2 is 1.04 bits per heavy atom. The molecule has 1 aliphatic heterocycles. The lowest BCUT2D eigenvalue weighted by Crippen LogP contribution is -2.79. The van der Waals surface area contributed by atoms with Gasteiger partial charge in [-0.15, -0.1) is 0 Å². The van der Waals surface area contributed by atoms with E-state index in [0.717, 1.165) is 0 Å². The molecule has 0 aromatic carbocycles. The van der Waals surface area contributed by atoms with Gasteiger partial charge < -0.3 is 0 Å². The highest BCUT2D eigenvalue weighted by molar-refractivity contribution is 5.22. The van der Waals surface area contributed by atoms with Crippen molar-refractivity contribution in [2.45, 2.75) is 35.7 Å². The zero-order valence-corrected chi connectivity index (χ0v) is 9.70. The standard InChI is InChI=1S/C8F14O/c9-1(2(10)11)3(12,13)7(20)5(16,17)4(14,15)6(18,19)8(21,22)23-7. The van der Waals surface area contributed by atoms with Crippen LogP contribution >= 0.6 is 0 Å². The van der Waals surface area contributed by atoms with Crippen LogP contribution < -0.4 is 0 Å². The first kappa shape index (κ1) is 19.8. The lowest BCUT2D eigenvalue weighted by atomic mass is 9.89. The minimum Gasteiger partial charge on any atom is -0.266 e. The van der Waals surface area contributed by atoms with Crippen molar-refractivity contribution in [1.82, 2.24) is 0 Å². The van der Waals surface area contributed by atoms with Crippen LogP contribution in [0.25, 0.3) is 0 Å². The molecule has 23 heavy (non-hydrogen) atoms. The third kappa shape index (κ3) is 2.04. The molecule has 1 aliphatic rings. The summed E-state index contributed by atoms with van der Waals surface area (Å²) in [6.45, 7) is 0. The summed E-state index contributed by atoms with van der Waals surface area (Å²) in [4.78, 5) is 0. The van der Waals surface area contributed by atoms with Crippen molar-refractivity contribution in [2.75, 3.05) is 0 Å². The number of halogens is 14. The van der Waals surface area contributed by atoms with E-state index in [4.69, 9.17) is 0 Å². The first-order valence-corrected chi connectivity index (χ1v) is 4.80. The van der Waals surface area contributed by atoms with Crippen molar-refractivity contribution >= 4 is 0 Å². The van der Waals surface area contributed by atoms with Crippen molar-refractivity contribution in [3.63, 3.8) is 0 Å². The molecule has 0 spiro atoms. The highest BCUT2D eigenvalue weighted by Gasteiger charge is 2.97. The maximum atomic E-state index is 13.5. The van der Waals surface area contributed by atoms with E-state index in [0.29, 0.717) is 0 Å². The number of hydrogen-bond acceptors (Lipinski definition) is 1. The summed E-state index contributed by atoms with van der Waals surface area (Å²) in [5.41, 5.74) is 0. The van der Waals surface area contributed by atoms with Crippen LogP contribution in [0.2, 0.25) is 0 Å². The van der Waals surface area contributed by atoms with Gasteiger partial charge >= 0.3 is 41.7 Å². The summed E-state index contributed by atoms with van der Waals surface area (Å²) in [6, 6.07) is 0. The average molecular weight is 378 g/mol. The lowest BCUT2D eigenvalue weighted by molar-refractivity contribution is -0.555. The molecule has 1 rings (SSSR count). The molecule has 1 nitrogen and oxygen atoms in total. The second-order valence-corrected chi connectivity index (χ2v) is 4.09. The van der Waals surface area contributed by atoms with Gasteiger partial charge in [-0.2, -0.15) is 61.5 Å². The van der Waals surface area contributed by atoms with Gasteiger partial charge in [0.25, 0.3) is 0 Å². The second-order valence-electron chi connectivity index (χ2n) is 4.09. The molecular weight excluding hydrogens is 378 g/mol. The predicted octanol–water partition coefficient (Wildman–Crippen LogP) is 4.89. The Labute approximate surface area is 115 Å². The predicted molar refractivity (Wildman–Crippen MR) is 40.0 cm³/mol. The minimum absolute atomic E-state index is 1.73. The van der Waals surface area contributed by atoms with Gasteiger partial charge in [-0.1, -0.05) is 0 Å². The SMILES string of the molecule is FC(F)=C(F)C(F)(F)C1(F)OC(F)(F)C(F)(F)C(F)(F)C1(F)F. The maximum Gasteiger partial charge on any atom is 0.429 e. The average Bonchev–Trinajstić information content (AvgIpc) is 2.34. The van der Waals surface area contributed by atoms with Crippen LogP contribution in [-0.4, -0.2) is 35.7 Å². The van der Waals surface area contributed by atoms with Crippen molar-refractivity contribution in [1.29, 1.82) is 0 Å². The van der Waals surface area contributed by atoms with Gasteiger partial charge in [-0.3, -0.25) is 4.74 Å². The number of rotatable bonds is 2. The topological polar surface area (TPSA) is 9.23 Å². The van der Waals surface area contributed by atoms with Crippen LogP contribution in [-0.2, 0) is 4.74 Å². The van der Waals surface area contributed by atoms with E-state index in [1.165, 1.54) is 0 Å². The zero-order chi connectivity index (χ0) is 18.9. The largest absolute Gasteiger partial charge is 0.429 e. The molecule has 1 fully saturated rings. The zero-order valence-electron chi connectivity index (χ0n) is 9.70. The Morgan fingerprint density at radius 1 is 0.652 bits per heavy atom. The number of hydrogen-bond donors (Lipinski definition) is 0. The molecule has 1 atom stereocenters. The molecule has 0 N–H and O–H groups in total. The highest BCUT2D eigenvalue weighted by Crippen LogP contribution is 2.66. The molecule has 0 radical (unpaired) electrons. The van der Waals surface area contributed by atoms with Crippen molar-refractivity contribution < 1.29 is 66.2 Å². The summed E-state index contributed by atoms with van der Waals surface area (Å²) in [5.74, 6) is -41.3. The molecule has 1 saturated heterocycles. The van der Waals surface area contributed by atoms with Crippen molar-refractivity contribution in [3.8, 4) is 0 Å². The van der Waals surface area contributed by atoms with Crippen LogP contribution in [0.1, 0.15) is 0 Å². The van der Waals surface area contributed by atoms with Crippen LogP contribution in [0.15, 0.2) is 11.9 Å². The summed E-state index contributed by atoms with van der Waals surface area (Å²) in [5, 5.41) is 0. The Balaban J connectivity index is 3.75. The van der Waals surface area contributed by atoms with E-state index in [1.54, 1.807) is 4.74 Å². The Bertz CT molecular complexity index is 531. The fourth-order valence-electron chi connectivity index (χ4n) is 1.41. The molecule has 1 heterocycles. The van der Waals surface area contributed by atoms with Crippen LogP contribution in [0.5, 0.6) is 0 Å². The van der Waals surface area contributed by atoms with Gasteiger partial charge in [0.05, 0.1) is 0 Å². The monoisotopic (exact) mass is 378 g/mol. The van der Waals surface area contributed by atoms with Crippen LogP contribution in [0.3, 0.4) is 0 Å². The molecule has 1 unspecified atom stereocenters. The minimum atomic E-state index is -7.56. The van der Waals surface area contributed by atoms with E-state index >= 15 is 0 Å². The Hall–Kier alpha value is -1.28. The van der Waals surface area contributed by atoms with Crippen molar-refractivity contribution in [2.24, 2.45) is 0 Å². The van der Waals surface area contributed by atoms with E-state index in [-0.39, 0.29) is 0 Å². The molecule has 0 aromatic heterocycles. The summed E-state index contributed by atoms with van der Waals surface area (Å²) in [6.07, 6.45) is -11.3. The van der Waals surface area contributed by atoms with Gasteiger partial charge in [-0.25, -0.2) is 0 Å². The third-order valence-corrected chi connectivity index (χ3v) is 2.67. The second kappa shape index (κ2) is 4.63. The van der Waals surface area contributed by atoms with E-state index in [2.05, 4.69) is 0 Å². The molecule has 0 amide bonds. The maximum absolute atomic E-state index is 13.5. The fraction of sp³-hybridized carbons (Fsp3) is 0.750. The molecule has 0 bridgehead atoms. The number of alkyl halides is 11. The van der Waals surface area contributed by atoms with E-state index < -0.39 is 47.6 Å². The summed E-state index contributed by atoms with van der Waals surface area (Å²) < 4.78 is 179. The summed E-state index contributed by atoms with van der Waals surface area (Å²) >= 11 is 0. The number of ether oxygens (including phenoxy) is 1. The van der Waals surface area contributed by atoms with E-state index in [1.807, 2.05) is 0 Å². The van der Waals surface area contributed by atoms with Crippen molar-refractivity contribution in [3.05, 3.63) is 11.9 Å². The normalized spacial score (nSPS) is 31.6. The summed E-state index contributed by atoms with van der Waals surface area (Å²) in [7, 11) is 0. The highest BCUT2D eigenvalue weighted by atomic mass is 19.4. The van der Waals surface area contributed by atoms with Gasteiger partial charge in [0, 0.05) is 0 Å². The smallest absolute Gasteiger partial charge is 0.266 e. The third-order valence-electron chi connectivity index (χ3n) is 2.67. The first-order chi connectivity index (χ1) is 9.81. The quantitative estimate of drug-likeness (QED) is 0.622. The van der Waals surface area contributed by atoms with Gasteiger partial charge in [0.2, 0.25) is 5.83 Å². The molecule has 0 aromatic rings. The van der Waals surface area contributed by atoms with E-state index in [9.17, 15) is 61.5 Å². The molecule has 0 saturated carbocycles. The van der Waals surface area contributed by atoms with Gasteiger partial charge in [0.15, 0.2) is 0 Å². The van der Waals surface area contributed by atoms with Gasteiger partial charge in [-0.05, 0) is 0 Å². The molecule has 0 aliphatic carbocycles. The Morgan fingerprint density at radius 3 is 1.39 bits per heavy atom. The first-order valence-electron chi connectivity index (χ1n) is 4.80. The molecule has 15 heteroatoms.